The Kier molecular flexibility index (Phi) is 5.22. The summed E-state index contributed by atoms with van der Waals surface area (Å²) in [5, 5.41) is 16.3. The number of Topliss-reactive ketones (excluding diaryl/α,β-unsaturated/α-hetero) is 1. The summed E-state index contributed by atoms with van der Waals surface area (Å²) < 4.78 is 0. The van der Waals surface area contributed by atoms with Crippen LogP contribution in [-0.2, 0) is 10.3 Å². The molecule has 4 atom stereocenters. The zero-order valence-corrected chi connectivity index (χ0v) is 21.5. The molecule has 194 valence electrons. The van der Waals surface area contributed by atoms with Gasteiger partial charge in [-0.15, -0.1) is 0 Å². The maximum absolute atomic E-state index is 14.9. The Morgan fingerprint density at radius 1 is 1.03 bits per heavy atom. The van der Waals surface area contributed by atoms with E-state index in [0.29, 0.717) is 12.1 Å². The van der Waals surface area contributed by atoms with E-state index in [1.54, 1.807) is 12.1 Å². The van der Waals surface area contributed by atoms with Gasteiger partial charge in [-0.2, -0.15) is 0 Å². The van der Waals surface area contributed by atoms with Gasteiger partial charge in [-0.25, -0.2) is 0 Å². The second-order valence-electron chi connectivity index (χ2n) is 10.9. The SMILES string of the molecule is Cc1ccc2c(c1)[C@]1(C(=O)N2)C(C(=O)c2cccc3ccccc23)C(c2ccc([N+](=O)[O-])cc2)C2CCCN21. The minimum absolute atomic E-state index is 0.00579. The highest BCUT2D eigenvalue weighted by molar-refractivity contribution is 6.16. The molecule has 7 heteroatoms. The summed E-state index contributed by atoms with van der Waals surface area (Å²) in [6, 6.07) is 26.0. The van der Waals surface area contributed by atoms with Crippen LogP contribution in [-0.4, -0.2) is 34.1 Å². The molecule has 0 saturated carbocycles. The highest BCUT2D eigenvalue weighted by Gasteiger charge is 2.69. The molecule has 4 aromatic carbocycles. The predicted octanol–water partition coefficient (Wildman–Crippen LogP) is 5.96. The van der Waals surface area contributed by atoms with Gasteiger partial charge in [0.15, 0.2) is 5.78 Å². The number of amides is 1. The first-order valence-corrected chi connectivity index (χ1v) is 13.4. The number of nitro benzene ring substituents is 1. The number of nitrogens with zero attached hydrogens (tertiary/aromatic N) is 2. The van der Waals surface area contributed by atoms with Crippen molar-refractivity contribution in [2.75, 3.05) is 11.9 Å². The average Bonchev–Trinajstić information content (AvgIpc) is 3.61. The molecule has 4 aromatic rings. The number of carbonyl (C=O) groups is 2. The number of nitrogens with one attached hydrogen (secondary N) is 1. The zero-order chi connectivity index (χ0) is 26.9. The van der Waals surface area contributed by atoms with Gasteiger partial charge in [-0.1, -0.05) is 72.3 Å². The van der Waals surface area contributed by atoms with Gasteiger partial charge in [-0.05, 0) is 48.7 Å². The van der Waals surface area contributed by atoms with E-state index >= 15 is 0 Å². The summed E-state index contributed by atoms with van der Waals surface area (Å²) in [5.74, 6) is -1.26. The van der Waals surface area contributed by atoms with Gasteiger partial charge in [0.25, 0.3) is 5.69 Å². The fourth-order valence-corrected chi connectivity index (χ4v) is 7.47. The van der Waals surface area contributed by atoms with Gasteiger partial charge in [0.1, 0.15) is 5.54 Å². The van der Waals surface area contributed by atoms with Gasteiger partial charge < -0.3 is 5.32 Å². The van der Waals surface area contributed by atoms with Crippen LogP contribution in [0.1, 0.15) is 45.8 Å². The van der Waals surface area contributed by atoms with Gasteiger partial charge >= 0.3 is 0 Å². The Balaban J connectivity index is 1.50. The van der Waals surface area contributed by atoms with Crippen LogP contribution in [0.4, 0.5) is 11.4 Å². The molecule has 3 aliphatic heterocycles. The molecule has 1 N–H and O–H groups in total. The minimum Gasteiger partial charge on any atom is -0.324 e. The second-order valence-corrected chi connectivity index (χ2v) is 10.9. The van der Waals surface area contributed by atoms with Crippen molar-refractivity contribution in [3.8, 4) is 0 Å². The summed E-state index contributed by atoms with van der Waals surface area (Å²) in [6.07, 6.45) is 1.76. The number of anilines is 1. The third kappa shape index (κ3) is 3.26. The lowest BCUT2D eigenvalue weighted by atomic mass is 9.68. The van der Waals surface area contributed by atoms with Crippen LogP contribution >= 0.6 is 0 Å². The molecule has 7 nitrogen and oxygen atoms in total. The third-order valence-electron chi connectivity index (χ3n) is 8.98. The molecule has 1 spiro atoms. The van der Waals surface area contributed by atoms with E-state index in [-0.39, 0.29) is 29.3 Å². The largest absolute Gasteiger partial charge is 0.324 e. The first kappa shape index (κ1) is 23.7. The topological polar surface area (TPSA) is 92.5 Å². The van der Waals surface area contributed by atoms with Crippen molar-refractivity contribution in [3.05, 3.63) is 117 Å². The van der Waals surface area contributed by atoms with Gasteiger partial charge in [-0.3, -0.25) is 24.6 Å². The number of nitro groups is 1. The Labute approximate surface area is 225 Å². The average molecular weight is 518 g/mol. The first-order valence-electron chi connectivity index (χ1n) is 13.4. The Hall–Kier alpha value is -4.36. The molecule has 39 heavy (non-hydrogen) atoms. The third-order valence-corrected chi connectivity index (χ3v) is 8.98. The molecule has 0 aliphatic carbocycles. The summed E-state index contributed by atoms with van der Waals surface area (Å²) in [6.45, 7) is 2.71. The molecule has 0 radical (unpaired) electrons. The summed E-state index contributed by atoms with van der Waals surface area (Å²) in [4.78, 5) is 42.4. The van der Waals surface area contributed by atoms with E-state index in [1.165, 1.54) is 12.1 Å². The smallest absolute Gasteiger partial charge is 0.269 e. The number of hydrogen-bond acceptors (Lipinski definition) is 5. The van der Waals surface area contributed by atoms with E-state index < -0.39 is 16.4 Å². The summed E-state index contributed by atoms with van der Waals surface area (Å²) in [7, 11) is 0. The van der Waals surface area contributed by atoms with Crippen LogP contribution < -0.4 is 5.32 Å². The molecule has 3 unspecified atom stereocenters. The Morgan fingerprint density at radius 2 is 1.79 bits per heavy atom. The number of non-ortho nitro benzene ring substituents is 1. The molecule has 7 rings (SSSR count). The minimum atomic E-state index is -1.16. The van der Waals surface area contributed by atoms with Crippen molar-refractivity contribution in [3.63, 3.8) is 0 Å². The number of aryl methyl sites for hydroxylation is 1. The van der Waals surface area contributed by atoms with Gasteiger partial charge in [0.2, 0.25) is 5.91 Å². The highest BCUT2D eigenvalue weighted by atomic mass is 16.6. The highest BCUT2D eigenvalue weighted by Crippen LogP contribution is 2.61. The van der Waals surface area contributed by atoms with E-state index in [0.717, 1.165) is 46.0 Å². The zero-order valence-electron chi connectivity index (χ0n) is 21.5. The van der Waals surface area contributed by atoms with Crippen molar-refractivity contribution in [2.24, 2.45) is 5.92 Å². The van der Waals surface area contributed by atoms with Crippen molar-refractivity contribution in [2.45, 2.75) is 37.3 Å². The van der Waals surface area contributed by atoms with Crippen LogP contribution in [0, 0.1) is 23.0 Å². The van der Waals surface area contributed by atoms with Crippen molar-refractivity contribution < 1.29 is 14.5 Å². The standard InChI is InChI=1S/C32H27N3O4/c1-19-11-16-26-25(18-19)32(31(37)33-26)29(30(36)24-9-4-7-20-6-2-3-8-23(20)24)28(27-10-5-17-34(27)32)21-12-14-22(15-13-21)35(38)39/h2-4,6-9,11-16,18,27-29H,5,10,17H2,1H3,(H,33,37)/t27?,28?,29?,32-/m1/s1. The lowest BCUT2D eigenvalue weighted by Crippen LogP contribution is -2.52. The molecule has 3 aliphatic rings. The molecule has 0 aromatic heterocycles. The number of rotatable bonds is 4. The lowest BCUT2D eigenvalue weighted by Gasteiger charge is -2.37. The number of fused-ring (bicyclic) bond motifs is 5. The van der Waals surface area contributed by atoms with Crippen molar-refractivity contribution in [1.29, 1.82) is 0 Å². The normalized spacial score (nSPS) is 25.6. The molecular formula is C32H27N3O4. The molecule has 0 bridgehead atoms. The maximum Gasteiger partial charge on any atom is 0.269 e. The lowest BCUT2D eigenvalue weighted by molar-refractivity contribution is -0.384. The first-order chi connectivity index (χ1) is 18.9. The molecule has 1 amide bonds. The van der Waals surface area contributed by atoms with Crippen molar-refractivity contribution in [1.82, 2.24) is 4.90 Å². The van der Waals surface area contributed by atoms with E-state index in [2.05, 4.69) is 10.2 Å². The molecule has 2 saturated heterocycles. The van der Waals surface area contributed by atoms with Gasteiger partial charge in [0.05, 0.1) is 10.8 Å². The van der Waals surface area contributed by atoms with Crippen LogP contribution in [0.2, 0.25) is 0 Å². The van der Waals surface area contributed by atoms with E-state index in [4.69, 9.17) is 0 Å². The van der Waals surface area contributed by atoms with Gasteiger partial charge in [0, 0.05) is 40.9 Å². The monoisotopic (exact) mass is 517 g/mol. The van der Waals surface area contributed by atoms with Crippen LogP contribution in [0.5, 0.6) is 0 Å². The van der Waals surface area contributed by atoms with E-state index in [9.17, 15) is 19.7 Å². The molecule has 2 fully saturated rings. The summed E-state index contributed by atoms with van der Waals surface area (Å²) in [5.41, 5.74) is 2.91. The second kappa shape index (κ2) is 8.58. The number of hydrogen-bond donors (Lipinski definition) is 1. The molecule has 3 heterocycles. The number of ketones is 1. The Bertz CT molecular complexity index is 1680. The fraction of sp³-hybridized carbons (Fsp3) is 0.250. The van der Waals surface area contributed by atoms with Crippen molar-refractivity contribution >= 4 is 33.8 Å². The quantitative estimate of drug-likeness (QED) is 0.205. The Morgan fingerprint density at radius 3 is 2.59 bits per heavy atom. The number of benzene rings is 4. The fourth-order valence-electron chi connectivity index (χ4n) is 7.47. The van der Waals surface area contributed by atoms with Crippen LogP contribution in [0.15, 0.2) is 84.9 Å². The van der Waals surface area contributed by atoms with Crippen LogP contribution in [0.25, 0.3) is 10.8 Å². The van der Waals surface area contributed by atoms with E-state index in [1.807, 2.05) is 67.6 Å². The maximum atomic E-state index is 14.9. The number of carbonyl (C=O) groups excluding carboxylic acids is 2. The van der Waals surface area contributed by atoms with Crippen LogP contribution in [0.3, 0.4) is 0 Å². The summed E-state index contributed by atoms with van der Waals surface area (Å²) >= 11 is 0. The molecular weight excluding hydrogens is 490 g/mol. The predicted molar refractivity (Wildman–Crippen MR) is 149 cm³/mol.